The number of rotatable bonds is 9. The van der Waals surface area contributed by atoms with Gasteiger partial charge in [0, 0.05) is 0 Å². The third kappa shape index (κ3) is 5.67. The van der Waals surface area contributed by atoms with Crippen molar-refractivity contribution in [1.29, 1.82) is 0 Å². The first-order valence-corrected chi connectivity index (χ1v) is 8.86. The van der Waals surface area contributed by atoms with Crippen molar-refractivity contribution in [2.75, 3.05) is 20.8 Å². The maximum Gasteiger partial charge on any atom is 0.161 e. The van der Waals surface area contributed by atoms with E-state index in [9.17, 15) is 0 Å². The summed E-state index contributed by atoms with van der Waals surface area (Å²) in [6.07, 6.45) is 2.75. The fraction of sp³-hybridized carbons (Fsp3) is 0.316. The van der Waals surface area contributed by atoms with E-state index in [4.69, 9.17) is 14.2 Å². The van der Waals surface area contributed by atoms with Gasteiger partial charge in [0.05, 0.1) is 38.1 Å². The Hall–Kier alpha value is -2.21. The summed E-state index contributed by atoms with van der Waals surface area (Å²) < 4.78 is 17.1. The summed E-state index contributed by atoms with van der Waals surface area (Å²) in [4.78, 5) is 0. The molecule has 0 aromatic heterocycles. The van der Waals surface area contributed by atoms with Crippen LogP contribution in [0.15, 0.2) is 46.0 Å². The van der Waals surface area contributed by atoms with E-state index in [2.05, 4.69) is 33.4 Å². The van der Waals surface area contributed by atoms with Crippen molar-refractivity contribution in [1.82, 2.24) is 5.43 Å². The van der Waals surface area contributed by atoms with Crippen LogP contribution in [0.4, 0.5) is 0 Å². The zero-order valence-corrected chi connectivity index (χ0v) is 16.3. The van der Waals surface area contributed by atoms with Crippen molar-refractivity contribution in [2.45, 2.75) is 19.9 Å². The van der Waals surface area contributed by atoms with Gasteiger partial charge in [-0.25, -0.2) is 0 Å². The van der Waals surface area contributed by atoms with Crippen LogP contribution in [0.5, 0.6) is 17.2 Å². The number of halogens is 1. The highest BCUT2D eigenvalue weighted by Gasteiger charge is 2.04. The topological polar surface area (TPSA) is 52.1 Å². The molecule has 0 bridgehead atoms. The summed E-state index contributed by atoms with van der Waals surface area (Å²) >= 11 is 3.52. The lowest BCUT2D eigenvalue weighted by atomic mass is 10.2. The fourth-order valence-electron chi connectivity index (χ4n) is 2.17. The number of nitrogens with one attached hydrogen (secondary N) is 1. The van der Waals surface area contributed by atoms with Gasteiger partial charge < -0.3 is 19.6 Å². The van der Waals surface area contributed by atoms with Gasteiger partial charge in [0.25, 0.3) is 0 Å². The van der Waals surface area contributed by atoms with Gasteiger partial charge in [-0.15, -0.1) is 0 Å². The summed E-state index contributed by atoms with van der Waals surface area (Å²) in [5, 5.41) is 4.26. The van der Waals surface area contributed by atoms with Crippen molar-refractivity contribution in [3.63, 3.8) is 0 Å². The third-order valence-electron chi connectivity index (χ3n) is 3.45. The molecule has 0 heterocycles. The van der Waals surface area contributed by atoms with Crippen molar-refractivity contribution < 1.29 is 14.2 Å². The van der Waals surface area contributed by atoms with Crippen LogP contribution in [0.1, 0.15) is 24.5 Å². The molecule has 2 rings (SSSR count). The van der Waals surface area contributed by atoms with Crippen LogP contribution in [-0.2, 0) is 6.54 Å². The lowest BCUT2D eigenvalue weighted by Crippen LogP contribution is -2.06. The Labute approximate surface area is 157 Å². The number of hydrogen-bond donors (Lipinski definition) is 1. The molecule has 0 amide bonds. The normalized spacial score (nSPS) is 10.7. The first kappa shape index (κ1) is 19.1. The van der Waals surface area contributed by atoms with Crippen molar-refractivity contribution in [3.05, 3.63) is 52.0 Å². The quantitative estimate of drug-likeness (QED) is 0.495. The van der Waals surface area contributed by atoms with Crippen LogP contribution in [0.25, 0.3) is 0 Å². The maximum absolute atomic E-state index is 5.64. The van der Waals surface area contributed by atoms with E-state index in [1.54, 1.807) is 20.4 Å². The standard InChI is InChI=1S/C19H23BrN2O3/c1-4-9-25-17-7-5-14(10-16(17)20)12-21-22-13-15-6-8-18(23-2)19(11-15)24-3/h5-8,10-12,22H,4,9,13H2,1-3H3/b21-12+. The van der Waals surface area contributed by atoms with Crippen LogP contribution < -0.4 is 19.6 Å². The van der Waals surface area contributed by atoms with Gasteiger partial charge in [-0.05, 0) is 63.8 Å². The molecule has 2 aromatic rings. The molecule has 0 unspecified atom stereocenters. The highest BCUT2D eigenvalue weighted by Crippen LogP contribution is 2.27. The van der Waals surface area contributed by atoms with E-state index in [-0.39, 0.29) is 0 Å². The molecule has 0 saturated heterocycles. The average molecular weight is 407 g/mol. The molecule has 25 heavy (non-hydrogen) atoms. The van der Waals surface area contributed by atoms with Crippen LogP contribution in [0, 0.1) is 0 Å². The van der Waals surface area contributed by atoms with Crippen LogP contribution in [-0.4, -0.2) is 27.0 Å². The smallest absolute Gasteiger partial charge is 0.161 e. The molecule has 2 aromatic carbocycles. The summed E-state index contributed by atoms with van der Waals surface area (Å²) in [5.74, 6) is 2.26. The fourth-order valence-corrected chi connectivity index (χ4v) is 2.69. The average Bonchev–Trinajstić information content (AvgIpc) is 2.64. The minimum atomic E-state index is 0.593. The van der Waals surface area contributed by atoms with Gasteiger partial charge in [-0.2, -0.15) is 5.10 Å². The Morgan fingerprint density at radius 3 is 2.48 bits per heavy atom. The van der Waals surface area contributed by atoms with E-state index in [1.165, 1.54) is 0 Å². The molecule has 0 radical (unpaired) electrons. The molecule has 134 valence electrons. The van der Waals surface area contributed by atoms with Gasteiger partial charge in [-0.1, -0.05) is 13.0 Å². The zero-order chi connectivity index (χ0) is 18.1. The number of benzene rings is 2. The Morgan fingerprint density at radius 2 is 1.80 bits per heavy atom. The second-order valence-corrected chi connectivity index (χ2v) is 6.18. The summed E-state index contributed by atoms with van der Waals surface area (Å²) in [6.45, 7) is 3.38. The Kier molecular flexibility index (Phi) is 7.60. The summed E-state index contributed by atoms with van der Waals surface area (Å²) in [6, 6.07) is 11.7. The van der Waals surface area contributed by atoms with Gasteiger partial charge in [-0.3, -0.25) is 0 Å². The minimum Gasteiger partial charge on any atom is -0.493 e. The lowest BCUT2D eigenvalue weighted by Gasteiger charge is -2.09. The lowest BCUT2D eigenvalue weighted by molar-refractivity contribution is 0.315. The Balaban J connectivity index is 1.92. The zero-order valence-electron chi connectivity index (χ0n) is 14.7. The molecule has 0 fully saturated rings. The highest BCUT2D eigenvalue weighted by atomic mass is 79.9. The number of ether oxygens (including phenoxy) is 3. The second-order valence-electron chi connectivity index (χ2n) is 5.32. The number of hydrogen-bond acceptors (Lipinski definition) is 5. The van der Waals surface area contributed by atoms with E-state index < -0.39 is 0 Å². The molecular weight excluding hydrogens is 384 g/mol. The van der Waals surface area contributed by atoms with Gasteiger partial charge in [0.15, 0.2) is 11.5 Å². The van der Waals surface area contributed by atoms with Gasteiger partial charge >= 0.3 is 0 Å². The Bertz CT molecular complexity index is 720. The molecule has 0 spiro atoms. The minimum absolute atomic E-state index is 0.593. The first-order valence-electron chi connectivity index (χ1n) is 8.07. The highest BCUT2D eigenvalue weighted by molar-refractivity contribution is 9.10. The SMILES string of the molecule is CCCOc1ccc(/C=N/NCc2ccc(OC)c(OC)c2)cc1Br. The summed E-state index contributed by atoms with van der Waals surface area (Å²) in [5.41, 5.74) is 5.07. The molecule has 0 atom stereocenters. The van der Waals surface area contributed by atoms with E-state index in [0.29, 0.717) is 24.7 Å². The number of nitrogens with zero attached hydrogens (tertiary/aromatic N) is 1. The van der Waals surface area contributed by atoms with Crippen LogP contribution in [0.2, 0.25) is 0 Å². The molecule has 0 saturated carbocycles. The molecule has 5 nitrogen and oxygen atoms in total. The first-order chi connectivity index (χ1) is 12.2. The van der Waals surface area contributed by atoms with Gasteiger partial charge in [0.1, 0.15) is 5.75 Å². The summed E-state index contributed by atoms with van der Waals surface area (Å²) in [7, 11) is 3.25. The molecule has 0 aliphatic carbocycles. The number of hydrazone groups is 1. The Morgan fingerprint density at radius 1 is 1.04 bits per heavy atom. The van der Waals surface area contributed by atoms with E-state index in [0.717, 1.165) is 27.8 Å². The number of methoxy groups -OCH3 is 2. The second kappa shape index (κ2) is 9.93. The van der Waals surface area contributed by atoms with Crippen molar-refractivity contribution >= 4 is 22.1 Å². The maximum atomic E-state index is 5.64. The van der Waals surface area contributed by atoms with E-state index in [1.807, 2.05) is 36.4 Å². The third-order valence-corrected chi connectivity index (χ3v) is 4.07. The van der Waals surface area contributed by atoms with Crippen molar-refractivity contribution in [2.24, 2.45) is 5.10 Å². The molecule has 6 heteroatoms. The van der Waals surface area contributed by atoms with Crippen LogP contribution in [0.3, 0.4) is 0 Å². The van der Waals surface area contributed by atoms with Crippen LogP contribution >= 0.6 is 15.9 Å². The van der Waals surface area contributed by atoms with Crippen molar-refractivity contribution in [3.8, 4) is 17.2 Å². The largest absolute Gasteiger partial charge is 0.493 e. The monoisotopic (exact) mass is 406 g/mol. The molecule has 1 N–H and O–H groups in total. The molecule has 0 aliphatic heterocycles. The predicted octanol–water partition coefficient (Wildman–Crippen LogP) is 4.38. The molecular formula is C19H23BrN2O3. The van der Waals surface area contributed by atoms with Gasteiger partial charge in [0.2, 0.25) is 0 Å². The predicted molar refractivity (Wildman–Crippen MR) is 104 cm³/mol. The van der Waals surface area contributed by atoms with E-state index >= 15 is 0 Å². The molecule has 0 aliphatic rings.